The molecular formula is C9H11N5S2. The van der Waals surface area contributed by atoms with Gasteiger partial charge in [-0.2, -0.15) is 0 Å². The molecule has 2 aromatic rings. The quantitative estimate of drug-likeness (QED) is 0.664. The third-order valence-electron chi connectivity index (χ3n) is 1.88. The third-order valence-corrected chi connectivity index (χ3v) is 3.55. The van der Waals surface area contributed by atoms with Gasteiger partial charge in [0.25, 0.3) is 0 Å². The highest BCUT2D eigenvalue weighted by atomic mass is 32.2. The maximum Gasteiger partial charge on any atom is 0.187 e. The first-order valence-corrected chi connectivity index (χ1v) is 6.46. The van der Waals surface area contributed by atoms with Crippen LogP contribution in [0.2, 0.25) is 0 Å². The highest BCUT2D eigenvalue weighted by Gasteiger charge is 2.07. The van der Waals surface area contributed by atoms with Crippen LogP contribution < -0.4 is 5.32 Å². The molecule has 0 aliphatic carbocycles. The second-order valence-electron chi connectivity index (χ2n) is 3.13. The van der Waals surface area contributed by atoms with Crippen molar-refractivity contribution in [3.05, 3.63) is 23.7 Å². The summed E-state index contributed by atoms with van der Waals surface area (Å²) >= 11 is 2.92. The van der Waals surface area contributed by atoms with Gasteiger partial charge in [0.1, 0.15) is 10.7 Å². The highest BCUT2D eigenvalue weighted by Crippen LogP contribution is 2.24. The summed E-state index contributed by atoms with van der Waals surface area (Å²) in [7, 11) is 1.87. The molecule has 2 aromatic heterocycles. The van der Waals surface area contributed by atoms with E-state index in [1.807, 2.05) is 26.4 Å². The van der Waals surface area contributed by atoms with Crippen LogP contribution in [0, 0.1) is 6.92 Å². The standard InChI is InChI=1S/C9H11N5S2/c1-6-3-11-9(12-4-6)15-5-7-8(10-2)16-14-13-7/h3-4,10H,5H2,1-2H3. The average molecular weight is 253 g/mol. The van der Waals surface area contributed by atoms with Crippen molar-refractivity contribution in [1.82, 2.24) is 19.6 Å². The zero-order chi connectivity index (χ0) is 11.4. The van der Waals surface area contributed by atoms with Gasteiger partial charge in [0.15, 0.2) is 5.16 Å². The Morgan fingerprint density at radius 2 is 2.12 bits per heavy atom. The summed E-state index contributed by atoms with van der Waals surface area (Å²) < 4.78 is 3.89. The number of nitrogens with zero attached hydrogens (tertiary/aromatic N) is 4. The zero-order valence-electron chi connectivity index (χ0n) is 8.97. The van der Waals surface area contributed by atoms with Crippen LogP contribution in [0.3, 0.4) is 0 Å². The summed E-state index contributed by atoms with van der Waals surface area (Å²) in [6.45, 7) is 1.97. The Bertz CT molecular complexity index is 453. The molecule has 84 valence electrons. The molecule has 16 heavy (non-hydrogen) atoms. The number of anilines is 1. The van der Waals surface area contributed by atoms with Gasteiger partial charge >= 0.3 is 0 Å². The molecule has 0 aromatic carbocycles. The van der Waals surface area contributed by atoms with Crippen LogP contribution in [0.4, 0.5) is 5.00 Å². The molecule has 0 saturated heterocycles. The minimum Gasteiger partial charge on any atom is -0.377 e. The van der Waals surface area contributed by atoms with E-state index in [4.69, 9.17) is 0 Å². The molecule has 1 N–H and O–H groups in total. The normalized spacial score (nSPS) is 10.4. The number of rotatable bonds is 4. The van der Waals surface area contributed by atoms with Crippen LogP contribution in [0.25, 0.3) is 0 Å². The lowest BCUT2D eigenvalue weighted by Gasteiger charge is -1.99. The molecule has 0 unspecified atom stereocenters. The highest BCUT2D eigenvalue weighted by molar-refractivity contribution is 7.98. The van der Waals surface area contributed by atoms with E-state index in [1.54, 1.807) is 11.8 Å². The van der Waals surface area contributed by atoms with Crippen molar-refractivity contribution >= 4 is 28.3 Å². The van der Waals surface area contributed by atoms with Crippen LogP contribution >= 0.6 is 23.3 Å². The third kappa shape index (κ3) is 2.67. The van der Waals surface area contributed by atoms with Gasteiger partial charge < -0.3 is 5.32 Å². The molecule has 0 amide bonds. The summed E-state index contributed by atoms with van der Waals surface area (Å²) in [5.41, 5.74) is 2.01. The molecule has 0 atom stereocenters. The first-order valence-electron chi connectivity index (χ1n) is 4.70. The van der Waals surface area contributed by atoms with E-state index < -0.39 is 0 Å². The Morgan fingerprint density at radius 1 is 1.38 bits per heavy atom. The SMILES string of the molecule is CNc1snnc1CSc1ncc(C)cn1. The Morgan fingerprint density at radius 3 is 2.81 bits per heavy atom. The molecule has 0 radical (unpaired) electrons. The molecule has 0 fully saturated rings. The molecule has 7 heteroatoms. The smallest absolute Gasteiger partial charge is 0.187 e. The van der Waals surface area contributed by atoms with Gasteiger partial charge in [-0.15, -0.1) is 5.10 Å². The molecule has 2 rings (SSSR count). The lowest BCUT2D eigenvalue weighted by atomic mass is 10.4. The lowest BCUT2D eigenvalue weighted by molar-refractivity contribution is 0.947. The van der Waals surface area contributed by atoms with Crippen LogP contribution in [0.5, 0.6) is 0 Å². The predicted octanol–water partition coefficient (Wildman–Crippen LogP) is 1.97. The molecule has 0 spiro atoms. The van der Waals surface area contributed by atoms with Crippen LogP contribution in [-0.2, 0) is 5.75 Å². The summed E-state index contributed by atoms with van der Waals surface area (Å²) in [6, 6.07) is 0. The van der Waals surface area contributed by atoms with Crippen LogP contribution in [0.15, 0.2) is 17.6 Å². The first kappa shape index (κ1) is 11.3. The van der Waals surface area contributed by atoms with Gasteiger partial charge in [0.05, 0.1) is 0 Å². The van der Waals surface area contributed by atoms with E-state index in [2.05, 4.69) is 24.9 Å². The van der Waals surface area contributed by atoms with E-state index in [1.165, 1.54) is 11.5 Å². The minimum absolute atomic E-state index is 0.732. The minimum atomic E-state index is 0.732. The fraction of sp³-hybridized carbons (Fsp3) is 0.333. The van der Waals surface area contributed by atoms with Gasteiger partial charge in [-0.05, 0) is 12.5 Å². The van der Waals surface area contributed by atoms with E-state index >= 15 is 0 Å². The monoisotopic (exact) mass is 253 g/mol. The van der Waals surface area contributed by atoms with E-state index in [-0.39, 0.29) is 0 Å². The van der Waals surface area contributed by atoms with Gasteiger partial charge in [-0.25, -0.2) is 9.97 Å². The summed E-state index contributed by atoms with van der Waals surface area (Å²) in [6.07, 6.45) is 3.63. The summed E-state index contributed by atoms with van der Waals surface area (Å²) in [5.74, 6) is 0.732. The number of hydrogen-bond acceptors (Lipinski definition) is 7. The summed E-state index contributed by atoms with van der Waals surface area (Å²) in [4.78, 5) is 8.44. The number of hydrogen-bond donors (Lipinski definition) is 1. The largest absolute Gasteiger partial charge is 0.377 e. The van der Waals surface area contributed by atoms with Crippen molar-refractivity contribution in [3.63, 3.8) is 0 Å². The van der Waals surface area contributed by atoms with Crippen molar-refractivity contribution in [2.24, 2.45) is 0 Å². The average Bonchev–Trinajstić information content (AvgIpc) is 2.76. The van der Waals surface area contributed by atoms with Crippen molar-refractivity contribution in [1.29, 1.82) is 0 Å². The van der Waals surface area contributed by atoms with Crippen LogP contribution in [-0.4, -0.2) is 26.6 Å². The van der Waals surface area contributed by atoms with Gasteiger partial charge in [-0.1, -0.05) is 16.3 Å². The van der Waals surface area contributed by atoms with Crippen LogP contribution in [0.1, 0.15) is 11.3 Å². The molecule has 0 saturated carbocycles. The van der Waals surface area contributed by atoms with Crippen molar-refractivity contribution < 1.29 is 0 Å². The van der Waals surface area contributed by atoms with Crippen molar-refractivity contribution in [2.75, 3.05) is 12.4 Å². The maximum atomic E-state index is 4.22. The second-order valence-corrected chi connectivity index (χ2v) is 4.83. The molecule has 2 heterocycles. The number of nitrogens with one attached hydrogen (secondary N) is 1. The Hall–Kier alpha value is -1.21. The Labute approximate surface area is 102 Å². The molecule has 5 nitrogen and oxygen atoms in total. The van der Waals surface area contributed by atoms with Gasteiger partial charge in [0, 0.05) is 36.7 Å². The maximum absolute atomic E-state index is 4.22. The second kappa shape index (κ2) is 5.22. The fourth-order valence-electron chi connectivity index (χ4n) is 1.08. The topological polar surface area (TPSA) is 63.6 Å². The fourth-order valence-corrected chi connectivity index (χ4v) is 2.43. The molecular weight excluding hydrogens is 242 g/mol. The zero-order valence-corrected chi connectivity index (χ0v) is 10.6. The van der Waals surface area contributed by atoms with Crippen molar-refractivity contribution in [2.45, 2.75) is 17.8 Å². The number of thioether (sulfide) groups is 1. The Kier molecular flexibility index (Phi) is 3.68. The van der Waals surface area contributed by atoms with E-state index in [0.717, 1.165) is 27.2 Å². The van der Waals surface area contributed by atoms with Gasteiger partial charge in [0.2, 0.25) is 0 Å². The predicted molar refractivity (Wildman–Crippen MR) is 65.8 cm³/mol. The van der Waals surface area contributed by atoms with E-state index in [9.17, 15) is 0 Å². The van der Waals surface area contributed by atoms with E-state index in [0.29, 0.717) is 0 Å². The number of aryl methyl sites for hydroxylation is 1. The summed E-state index contributed by atoms with van der Waals surface area (Å²) in [5, 5.41) is 8.87. The lowest BCUT2D eigenvalue weighted by Crippen LogP contribution is -1.92. The van der Waals surface area contributed by atoms with Gasteiger partial charge in [-0.3, -0.25) is 0 Å². The number of aromatic nitrogens is 4. The molecule has 0 aliphatic rings. The first-order chi connectivity index (χ1) is 7.79. The molecule has 0 bridgehead atoms. The Balaban J connectivity index is 1.99. The van der Waals surface area contributed by atoms with Crippen molar-refractivity contribution in [3.8, 4) is 0 Å². The molecule has 0 aliphatic heterocycles.